The number of hydrogen-bond acceptors (Lipinski definition) is 3. The number of piperidine rings is 1. The zero-order valence-electron chi connectivity index (χ0n) is 12.1. The summed E-state index contributed by atoms with van der Waals surface area (Å²) in [5.41, 5.74) is 1.03. The number of rotatable bonds is 3. The van der Waals surface area contributed by atoms with E-state index in [1.165, 1.54) is 12.8 Å². The third-order valence-corrected chi connectivity index (χ3v) is 4.87. The molecule has 2 heterocycles. The molecular formula is C16H19ClN2O2. The van der Waals surface area contributed by atoms with Gasteiger partial charge in [-0.2, -0.15) is 0 Å². The molecule has 1 atom stereocenters. The maximum atomic E-state index is 12.2. The number of benzene rings is 1. The number of amides is 1. The number of anilines is 1. The second-order valence-corrected chi connectivity index (χ2v) is 6.25. The van der Waals surface area contributed by atoms with E-state index < -0.39 is 11.7 Å². The molecule has 1 unspecified atom stereocenters. The van der Waals surface area contributed by atoms with Crippen LogP contribution in [0.25, 0.3) is 0 Å². The van der Waals surface area contributed by atoms with Gasteiger partial charge in [-0.25, -0.2) is 0 Å². The molecule has 0 saturated carbocycles. The number of nitrogens with zero attached hydrogens (tertiary/aromatic N) is 2. The van der Waals surface area contributed by atoms with Gasteiger partial charge in [-0.15, -0.1) is 0 Å². The first-order valence-electron chi connectivity index (χ1n) is 7.44. The van der Waals surface area contributed by atoms with Crippen molar-refractivity contribution in [3.63, 3.8) is 0 Å². The minimum Gasteiger partial charge on any atom is -0.305 e. The molecular weight excluding hydrogens is 288 g/mol. The molecule has 0 bridgehead atoms. The second-order valence-electron chi connectivity index (χ2n) is 5.84. The van der Waals surface area contributed by atoms with Gasteiger partial charge in [-0.3, -0.25) is 9.59 Å². The maximum absolute atomic E-state index is 12.2. The number of Topliss-reactive ketones (excluding diaryl/α,β-unsaturated/α-hetero) is 1. The Kier molecular flexibility index (Phi) is 4.00. The van der Waals surface area contributed by atoms with Gasteiger partial charge >= 0.3 is 0 Å². The Bertz CT molecular complexity index is 588. The third-order valence-electron chi connectivity index (χ3n) is 4.56. The fourth-order valence-corrected chi connectivity index (χ4v) is 3.57. The average molecular weight is 307 g/mol. The molecule has 0 aromatic heterocycles. The standard InChI is InChI=1S/C16H19ClN2O2/c1-18-9-3-2-5-11(18)8-10-19-13-7-4-6-12(17)14(13)15(20)16(19)21/h4,6-7,11H,2-3,5,8-10H2,1H3. The van der Waals surface area contributed by atoms with Gasteiger partial charge in [0, 0.05) is 12.6 Å². The molecule has 2 aliphatic heterocycles. The van der Waals surface area contributed by atoms with E-state index in [1.807, 2.05) is 0 Å². The van der Waals surface area contributed by atoms with E-state index in [9.17, 15) is 9.59 Å². The number of carbonyl (C=O) groups is 2. The largest absolute Gasteiger partial charge is 0.305 e. The molecule has 5 heteroatoms. The topological polar surface area (TPSA) is 40.6 Å². The minimum atomic E-state index is -0.479. The van der Waals surface area contributed by atoms with E-state index in [1.54, 1.807) is 23.1 Å². The maximum Gasteiger partial charge on any atom is 0.299 e. The lowest BCUT2D eigenvalue weighted by Crippen LogP contribution is -2.40. The second kappa shape index (κ2) is 5.78. The highest BCUT2D eigenvalue weighted by atomic mass is 35.5. The van der Waals surface area contributed by atoms with Gasteiger partial charge in [0.25, 0.3) is 11.7 Å². The summed E-state index contributed by atoms with van der Waals surface area (Å²) in [6.07, 6.45) is 4.53. The molecule has 0 N–H and O–H groups in total. The fourth-order valence-electron chi connectivity index (χ4n) is 3.31. The minimum absolute atomic E-state index is 0.362. The smallest absolute Gasteiger partial charge is 0.299 e. The molecule has 2 aliphatic rings. The summed E-state index contributed by atoms with van der Waals surface area (Å²) in [7, 11) is 2.13. The van der Waals surface area contributed by atoms with Gasteiger partial charge in [0.2, 0.25) is 0 Å². The van der Waals surface area contributed by atoms with Gasteiger partial charge in [-0.1, -0.05) is 24.1 Å². The Morgan fingerprint density at radius 3 is 2.86 bits per heavy atom. The molecule has 1 amide bonds. The molecule has 1 aromatic rings. The van der Waals surface area contributed by atoms with Crippen LogP contribution in [0.1, 0.15) is 36.0 Å². The van der Waals surface area contributed by atoms with Crippen LogP contribution in [0.15, 0.2) is 18.2 Å². The van der Waals surface area contributed by atoms with Crippen molar-refractivity contribution in [3.05, 3.63) is 28.8 Å². The Hall–Kier alpha value is -1.39. The molecule has 112 valence electrons. The summed E-state index contributed by atoms with van der Waals surface area (Å²) in [5, 5.41) is 0.364. The van der Waals surface area contributed by atoms with Crippen molar-refractivity contribution < 1.29 is 9.59 Å². The predicted octanol–water partition coefficient (Wildman–Crippen LogP) is 2.74. The number of fused-ring (bicyclic) bond motifs is 1. The van der Waals surface area contributed by atoms with Crippen molar-refractivity contribution >= 4 is 29.0 Å². The van der Waals surface area contributed by atoms with Crippen LogP contribution < -0.4 is 4.90 Å². The van der Waals surface area contributed by atoms with E-state index in [4.69, 9.17) is 11.6 Å². The van der Waals surface area contributed by atoms with Gasteiger partial charge < -0.3 is 9.80 Å². The number of likely N-dealkylation sites (tertiary alicyclic amines) is 1. The molecule has 0 spiro atoms. The highest BCUT2D eigenvalue weighted by molar-refractivity contribution is 6.55. The first kappa shape index (κ1) is 14.5. The summed E-state index contributed by atoms with van der Waals surface area (Å²) < 4.78 is 0. The van der Waals surface area contributed by atoms with Crippen LogP contribution in [-0.2, 0) is 4.79 Å². The van der Waals surface area contributed by atoms with E-state index in [0.717, 1.165) is 19.4 Å². The molecule has 1 saturated heterocycles. The van der Waals surface area contributed by atoms with Crippen LogP contribution in [0, 0.1) is 0 Å². The monoisotopic (exact) mass is 306 g/mol. The first-order valence-corrected chi connectivity index (χ1v) is 7.82. The van der Waals surface area contributed by atoms with Gasteiger partial charge in [-0.05, 0) is 45.0 Å². The van der Waals surface area contributed by atoms with Crippen molar-refractivity contribution in [2.75, 3.05) is 25.0 Å². The third kappa shape index (κ3) is 2.58. The van der Waals surface area contributed by atoms with Crippen LogP contribution in [0.4, 0.5) is 5.69 Å². The molecule has 0 radical (unpaired) electrons. The van der Waals surface area contributed by atoms with Crippen LogP contribution >= 0.6 is 11.6 Å². The quantitative estimate of drug-likeness (QED) is 0.806. The molecule has 3 rings (SSSR count). The van der Waals surface area contributed by atoms with Gasteiger partial charge in [0.05, 0.1) is 16.3 Å². The van der Waals surface area contributed by atoms with Crippen LogP contribution in [0.2, 0.25) is 5.02 Å². The average Bonchev–Trinajstić information content (AvgIpc) is 2.72. The Morgan fingerprint density at radius 1 is 1.29 bits per heavy atom. The number of carbonyl (C=O) groups excluding carboxylic acids is 2. The Balaban J connectivity index is 1.76. The number of halogens is 1. The summed E-state index contributed by atoms with van der Waals surface area (Å²) in [4.78, 5) is 28.2. The van der Waals surface area contributed by atoms with Crippen LogP contribution in [0.5, 0.6) is 0 Å². The normalized spacial score (nSPS) is 22.8. The fraction of sp³-hybridized carbons (Fsp3) is 0.500. The van der Waals surface area contributed by atoms with Crippen molar-refractivity contribution in [3.8, 4) is 0 Å². The van der Waals surface area contributed by atoms with Crippen molar-refractivity contribution in [1.29, 1.82) is 0 Å². The lowest BCUT2D eigenvalue weighted by atomic mass is 10.00. The van der Waals surface area contributed by atoms with Crippen molar-refractivity contribution in [1.82, 2.24) is 4.90 Å². The number of hydrogen-bond donors (Lipinski definition) is 0. The van der Waals surface area contributed by atoms with Gasteiger partial charge in [0.1, 0.15) is 0 Å². The number of ketones is 1. The van der Waals surface area contributed by atoms with E-state index in [2.05, 4.69) is 11.9 Å². The molecule has 4 nitrogen and oxygen atoms in total. The summed E-state index contributed by atoms with van der Waals surface area (Å²) in [5.74, 6) is -0.927. The summed E-state index contributed by atoms with van der Waals surface area (Å²) >= 11 is 6.06. The van der Waals surface area contributed by atoms with Crippen LogP contribution in [0.3, 0.4) is 0 Å². The van der Waals surface area contributed by atoms with E-state index in [0.29, 0.717) is 28.9 Å². The Morgan fingerprint density at radius 2 is 2.10 bits per heavy atom. The van der Waals surface area contributed by atoms with E-state index in [-0.39, 0.29) is 0 Å². The van der Waals surface area contributed by atoms with Crippen molar-refractivity contribution in [2.24, 2.45) is 0 Å². The van der Waals surface area contributed by atoms with Crippen LogP contribution in [-0.4, -0.2) is 42.8 Å². The van der Waals surface area contributed by atoms with E-state index >= 15 is 0 Å². The van der Waals surface area contributed by atoms with Crippen molar-refractivity contribution in [2.45, 2.75) is 31.7 Å². The van der Waals surface area contributed by atoms with Gasteiger partial charge in [0.15, 0.2) is 0 Å². The zero-order chi connectivity index (χ0) is 15.0. The molecule has 0 aliphatic carbocycles. The lowest BCUT2D eigenvalue weighted by Gasteiger charge is -2.33. The molecule has 1 aromatic carbocycles. The molecule has 21 heavy (non-hydrogen) atoms. The SMILES string of the molecule is CN1CCCCC1CCN1C(=O)C(=O)c2c(Cl)cccc21. The zero-order valence-corrected chi connectivity index (χ0v) is 12.9. The highest BCUT2D eigenvalue weighted by Crippen LogP contribution is 2.34. The molecule has 1 fully saturated rings. The summed E-state index contributed by atoms with van der Waals surface area (Å²) in [6, 6.07) is 5.73. The summed E-state index contributed by atoms with van der Waals surface area (Å²) in [6.45, 7) is 1.69. The predicted molar refractivity (Wildman–Crippen MR) is 83.0 cm³/mol. The highest BCUT2D eigenvalue weighted by Gasteiger charge is 2.37. The lowest BCUT2D eigenvalue weighted by molar-refractivity contribution is -0.114. The first-order chi connectivity index (χ1) is 10.1. The Labute approximate surface area is 129 Å².